The highest BCUT2D eigenvalue weighted by Crippen LogP contribution is 2.34. The quantitative estimate of drug-likeness (QED) is 0.488. The van der Waals surface area contributed by atoms with E-state index in [0.717, 1.165) is 0 Å². The lowest BCUT2D eigenvalue weighted by atomic mass is 10.0. The molecule has 2 saturated heterocycles. The molecule has 0 amide bonds. The normalized spacial score (nSPS) is 44.3. The lowest BCUT2D eigenvalue weighted by Crippen LogP contribution is -2.41. The summed E-state index contributed by atoms with van der Waals surface area (Å²) in [6.07, 6.45) is -4.11. The van der Waals surface area contributed by atoms with E-state index in [2.05, 4.69) is 10.5 Å². The lowest BCUT2D eigenvalue weighted by molar-refractivity contribution is -0.184. The predicted octanol–water partition coefficient (Wildman–Crippen LogP) is -1.88. The first-order valence-electron chi connectivity index (χ1n) is 4.96. The first-order chi connectivity index (χ1) is 7.71. The molecule has 0 radical (unpaired) electrons. The summed E-state index contributed by atoms with van der Waals surface area (Å²) in [5, 5.41) is 23.8. The van der Waals surface area contributed by atoms with Gasteiger partial charge in [-0.05, 0) is 7.05 Å². The highest BCUT2D eigenvalue weighted by atomic mass is 16.8. The van der Waals surface area contributed by atoms with E-state index in [1.165, 1.54) is 0 Å². The third-order valence-corrected chi connectivity index (χ3v) is 2.69. The molecular weight excluding hydrogens is 220 g/mol. The highest BCUT2D eigenvalue weighted by molar-refractivity contribution is 4.98. The van der Waals surface area contributed by atoms with Gasteiger partial charge in [0, 0.05) is 0 Å². The number of hydrogen-bond acceptors (Lipinski definition) is 8. The van der Waals surface area contributed by atoms with E-state index in [0.29, 0.717) is 0 Å². The number of hydrogen-bond donors (Lipinski definition) is 3. The third-order valence-electron chi connectivity index (χ3n) is 2.69. The molecule has 2 heterocycles. The summed E-state index contributed by atoms with van der Waals surface area (Å²) in [5.74, 6) is 0. The standard InChI is InChI=1S/C8H14N2O6/c1-9-8-15-6-4(10-13)5(3(12)2-11)14-7(6)16-8/h3-9,11-12H,2H2,1H3. The fraction of sp³-hybridized carbons (Fsp3) is 1.00. The average Bonchev–Trinajstić information content (AvgIpc) is 2.83. The van der Waals surface area contributed by atoms with Crippen molar-refractivity contribution in [2.75, 3.05) is 13.7 Å². The van der Waals surface area contributed by atoms with Crippen LogP contribution in [0, 0.1) is 4.91 Å². The minimum Gasteiger partial charge on any atom is -0.394 e. The SMILES string of the molecule is CNC1OC2OC(C(O)CO)C(N=O)C2O1. The van der Waals surface area contributed by atoms with E-state index in [9.17, 15) is 10.0 Å². The number of nitrogens with one attached hydrogen (secondary N) is 1. The summed E-state index contributed by atoms with van der Waals surface area (Å²) in [6.45, 7) is -0.508. The van der Waals surface area contributed by atoms with E-state index >= 15 is 0 Å². The second kappa shape index (κ2) is 4.70. The van der Waals surface area contributed by atoms with Crippen molar-refractivity contribution in [2.24, 2.45) is 5.18 Å². The molecule has 3 N–H and O–H groups in total. The van der Waals surface area contributed by atoms with Crippen LogP contribution >= 0.6 is 0 Å². The van der Waals surface area contributed by atoms with Crippen molar-refractivity contribution in [1.29, 1.82) is 0 Å². The van der Waals surface area contributed by atoms with Gasteiger partial charge in [0.05, 0.1) is 6.61 Å². The maximum Gasteiger partial charge on any atom is 0.218 e. The molecule has 92 valence electrons. The van der Waals surface area contributed by atoms with Crippen molar-refractivity contribution in [2.45, 2.75) is 37.1 Å². The number of aliphatic hydroxyl groups is 2. The Kier molecular flexibility index (Phi) is 3.47. The van der Waals surface area contributed by atoms with Gasteiger partial charge in [0.15, 0.2) is 12.3 Å². The molecule has 0 aromatic carbocycles. The fourth-order valence-electron chi connectivity index (χ4n) is 1.89. The van der Waals surface area contributed by atoms with Crippen molar-refractivity contribution in [3.8, 4) is 0 Å². The molecule has 2 rings (SSSR count). The monoisotopic (exact) mass is 234 g/mol. The summed E-state index contributed by atoms with van der Waals surface area (Å²) in [6, 6.07) is -0.884. The van der Waals surface area contributed by atoms with Crippen LogP contribution in [0.2, 0.25) is 0 Å². The Balaban J connectivity index is 2.06. The zero-order chi connectivity index (χ0) is 11.7. The van der Waals surface area contributed by atoms with Crippen LogP contribution in [0.4, 0.5) is 0 Å². The van der Waals surface area contributed by atoms with E-state index < -0.39 is 43.7 Å². The zero-order valence-corrected chi connectivity index (χ0v) is 8.65. The van der Waals surface area contributed by atoms with Crippen molar-refractivity contribution in [1.82, 2.24) is 5.32 Å². The van der Waals surface area contributed by atoms with E-state index in [1.807, 2.05) is 0 Å². The zero-order valence-electron chi connectivity index (χ0n) is 8.65. The lowest BCUT2D eigenvalue weighted by Gasteiger charge is -2.20. The third kappa shape index (κ3) is 1.83. The van der Waals surface area contributed by atoms with Crippen molar-refractivity contribution in [3.05, 3.63) is 4.91 Å². The first-order valence-corrected chi connectivity index (χ1v) is 4.96. The smallest absolute Gasteiger partial charge is 0.218 e. The summed E-state index contributed by atoms with van der Waals surface area (Å²) in [5.41, 5.74) is 0. The maximum absolute atomic E-state index is 10.7. The Labute approximate surface area is 91.5 Å². The van der Waals surface area contributed by atoms with Gasteiger partial charge in [-0.2, -0.15) is 4.91 Å². The number of aliphatic hydroxyl groups excluding tert-OH is 2. The Bertz CT molecular complexity index is 265. The molecule has 0 aromatic rings. The largest absolute Gasteiger partial charge is 0.394 e. The summed E-state index contributed by atoms with van der Waals surface area (Å²) < 4.78 is 15.8. The van der Waals surface area contributed by atoms with Gasteiger partial charge in [0.2, 0.25) is 6.41 Å². The number of nitrogens with zero attached hydrogens (tertiary/aromatic N) is 1. The second-order valence-electron chi connectivity index (χ2n) is 3.67. The second-order valence-corrected chi connectivity index (χ2v) is 3.67. The molecular formula is C8H14N2O6. The summed E-state index contributed by atoms with van der Waals surface area (Å²) in [4.78, 5) is 10.7. The topological polar surface area (TPSA) is 110 Å². The van der Waals surface area contributed by atoms with E-state index in [-0.39, 0.29) is 0 Å². The fourth-order valence-corrected chi connectivity index (χ4v) is 1.89. The number of nitroso groups, excluding NO2 is 1. The van der Waals surface area contributed by atoms with Crippen molar-refractivity contribution < 1.29 is 24.4 Å². The maximum atomic E-state index is 10.7. The Hall–Kier alpha value is -0.640. The molecule has 0 aromatic heterocycles. The van der Waals surface area contributed by atoms with Crippen LogP contribution < -0.4 is 5.32 Å². The van der Waals surface area contributed by atoms with Gasteiger partial charge in [0.25, 0.3) is 0 Å². The molecule has 16 heavy (non-hydrogen) atoms. The number of ether oxygens (including phenoxy) is 3. The molecule has 2 aliphatic rings. The van der Waals surface area contributed by atoms with Crippen molar-refractivity contribution >= 4 is 0 Å². The summed E-state index contributed by atoms with van der Waals surface area (Å²) in [7, 11) is 1.63. The van der Waals surface area contributed by atoms with Crippen LogP contribution in [0.15, 0.2) is 5.18 Å². The van der Waals surface area contributed by atoms with Gasteiger partial charge in [-0.25, -0.2) is 0 Å². The van der Waals surface area contributed by atoms with Gasteiger partial charge in [0.1, 0.15) is 18.3 Å². The van der Waals surface area contributed by atoms with Crippen LogP contribution in [-0.2, 0) is 14.2 Å². The van der Waals surface area contributed by atoms with Gasteiger partial charge in [-0.1, -0.05) is 5.18 Å². The number of fused-ring (bicyclic) bond motifs is 1. The molecule has 0 saturated carbocycles. The minimum absolute atomic E-state index is 0.508. The van der Waals surface area contributed by atoms with E-state index in [1.54, 1.807) is 7.05 Å². The summed E-state index contributed by atoms with van der Waals surface area (Å²) >= 11 is 0. The molecule has 0 bridgehead atoms. The highest BCUT2D eigenvalue weighted by Gasteiger charge is 2.55. The molecule has 0 spiro atoms. The molecule has 6 atom stereocenters. The Morgan fingerprint density at radius 2 is 2.19 bits per heavy atom. The van der Waals surface area contributed by atoms with Crippen LogP contribution in [0.25, 0.3) is 0 Å². The number of rotatable bonds is 4. The van der Waals surface area contributed by atoms with Crippen LogP contribution in [0.5, 0.6) is 0 Å². The average molecular weight is 234 g/mol. The van der Waals surface area contributed by atoms with Crippen molar-refractivity contribution in [3.63, 3.8) is 0 Å². The van der Waals surface area contributed by atoms with Gasteiger partial charge >= 0.3 is 0 Å². The van der Waals surface area contributed by atoms with Gasteiger partial charge in [-0.3, -0.25) is 5.32 Å². The molecule has 8 heteroatoms. The van der Waals surface area contributed by atoms with Gasteiger partial charge in [-0.15, -0.1) is 0 Å². The van der Waals surface area contributed by atoms with Gasteiger partial charge < -0.3 is 24.4 Å². The predicted molar refractivity (Wildman–Crippen MR) is 50.1 cm³/mol. The van der Waals surface area contributed by atoms with Crippen LogP contribution in [0.3, 0.4) is 0 Å². The molecule has 6 unspecified atom stereocenters. The first kappa shape index (κ1) is 11.8. The van der Waals surface area contributed by atoms with E-state index in [4.69, 9.17) is 19.3 Å². The Morgan fingerprint density at radius 3 is 2.75 bits per heavy atom. The van der Waals surface area contributed by atoms with Crippen LogP contribution in [0.1, 0.15) is 0 Å². The molecule has 2 aliphatic heterocycles. The molecule has 0 aliphatic carbocycles. The minimum atomic E-state index is -1.17. The van der Waals surface area contributed by atoms with Crippen LogP contribution in [-0.4, -0.2) is 60.9 Å². The molecule has 2 fully saturated rings. The Morgan fingerprint density at radius 1 is 1.44 bits per heavy atom. The molecule has 8 nitrogen and oxygen atoms in total.